The third-order valence-corrected chi connectivity index (χ3v) is 2.11. The molecule has 4 N–H and O–H groups in total. The van der Waals surface area contributed by atoms with Crippen LogP contribution in [-0.2, 0) is 0 Å². The van der Waals surface area contributed by atoms with Gasteiger partial charge in [0.05, 0.1) is 4.99 Å². The molecule has 10 heavy (non-hydrogen) atoms. The predicted octanol–water partition coefficient (Wildman–Crippen LogP) is 0.915. The monoisotopic (exact) mass is 156 g/mol. The van der Waals surface area contributed by atoms with Gasteiger partial charge in [0.1, 0.15) is 0 Å². The molecule has 1 aliphatic rings. The number of hydrogen-bond donors (Lipinski definition) is 2. The van der Waals surface area contributed by atoms with E-state index in [9.17, 15) is 0 Å². The van der Waals surface area contributed by atoms with Gasteiger partial charge in [0.25, 0.3) is 0 Å². The number of rotatable bonds is 2. The summed E-state index contributed by atoms with van der Waals surface area (Å²) in [5.41, 5.74) is 12.0. The Labute approximate surface area is 66.3 Å². The summed E-state index contributed by atoms with van der Waals surface area (Å²) in [4.78, 5) is 0.380. The zero-order valence-electron chi connectivity index (χ0n) is 6.05. The molecule has 0 amide bonds. The van der Waals surface area contributed by atoms with Gasteiger partial charge in [-0.3, -0.25) is 0 Å². The maximum atomic E-state index is 5.71. The Morgan fingerprint density at radius 1 is 1.50 bits per heavy atom. The highest BCUT2D eigenvalue weighted by Gasteiger charge is 2.39. The molecule has 0 radical (unpaired) electrons. The second kappa shape index (κ2) is 2.23. The van der Waals surface area contributed by atoms with Crippen LogP contribution in [0.5, 0.6) is 0 Å². The lowest BCUT2D eigenvalue weighted by atomic mass is 10.1. The molecule has 0 aromatic carbocycles. The minimum absolute atomic E-state index is 0.212. The fourth-order valence-electron chi connectivity index (χ4n) is 0.804. The van der Waals surface area contributed by atoms with Gasteiger partial charge < -0.3 is 11.5 Å². The lowest BCUT2D eigenvalue weighted by Gasteiger charge is -2.06. The summed E-state index contributed by atoms with van der Waals surface area (Å²) in [6.45, 7) is 2.12. The van der Waals surface area contributed by atoms with Gasteiger partial charge >= 0.3 is 0 Å². The van der Waals surface area contributed by atoms with Crippen LogP contribution in [0.2, 0.25) is 0 Å². The fraction of sp³-hybridized carbons (Fsp3) is 0.571. The van der Waals surface area contributed by atoms with Crippen molar-refractivity contribution in [1.82, 2.24) is 0 Å². The van der Waals surface area contributed by atoms with E-state index in [0.29, 0.717) is 4.99 Å². The van der Waals surface area contributed by atoms with Crippen molar-refractivity contribution < 1.29 is 0 Å². The smallest absolute Gasteiger partial charge is 0.0979 e. The Bertz CT molecular complexity index is 192. The van der Waals surface area contributed by atoms with Crippen LogP contribution >= 0.6 is 12.2 Å². The van der Waals surface area contributed by atoms with Crippen LogP contribution in [0.25, 0.3) is 0 Å². The zero-order valence-corrected chi connectivity index (χ0v) is 6.87. The van der Waals surface area contributed by atoms with Crippen LogP contribution < -0.4 is 11.5 Å². The van der Waals surface area contributed by atoms with Crippen molar-refractivity contribution in [2.75, 3.05) is 0 Å². The molecule has 0 spiro atoms. The van der Waals surface area contributed by atoms with Crippen LogP contribution in [-0.4, -0.2) is 4.99 Å². The SMILES string of the molecule is CC1(/C(N)=C\C(N)=S)CC1. The van der Waals surface area contributed by atoms with Crippen molar-refractivity contribution in [3.8, 4) is 0 Å². The molecule has 3 heteroatoms. The molecule has 1 rings (SSSR count). The lowest BCUT2D eigenvalue weighted by molar-refractivity contribution is 0.680. The van der Waals surface area contributed by atoms with Crippen molar-refractivity contribution in [3.05, 3.63) is 11.8 Å². The molecule has 1 aliphatic carbocycles. The second-order valence-corrected chi connectivity index (χ2v) is 3.53. The topological polar surface area (TPSA) is 52.0 Å². The van der Waals surface area contributed by atoms with Crippen molar-refractivity contribution in [2.45, 2.75) is 19.8 Å². The highest BCUT2D eigenvalue weighted by molar-refractivity contribution is 7.80. The third kappa shape index (κ3) is 1.48. The van der Waals surface area contributed by atoms with Gasteiger partial charge in [-0.05, 0) is 18.9 Å². The molecule has 0 heterocycles. The van der Waals surface area contributed by atoms with E-state index < -0.39 is 0 Å². The first-order valence-electron chi connectivity index (χ1n) is 3.32. The third-order valence-electron chi connectivity index (χ3n) is 1.99. The summed E-state index contributed by atoms with van der Waals surface area (Å²) in [5.74, 6) is 0. The molecule has 0 atom stereocenters. The van der Waals surface area contributed by atoms with Crippen molar-refractivity contribution >= 4 is 17.2 Å². The predicted molar refractivity (Wildman–Crippen MR) is 46.4 cm³/mol. The molecule has 1 saturated carbocycles. The average Bonchev–Trinajstić information content (AvgIpc) is 2.47. The van der Waals surface area contributed by atoms with E-state index in [1.54, 1.807) is 6.08 Å². The van der Waals surface area contributed by atoms with Gasteiger partial charge in [0.2, 0.25) is 0 Å². The summed E-state index contributed by atoms with van der Waals surface area (Å²) in [6, 6.07) is 0. The van der Waals surface area contributed by atoms with Crippen LogP contribution in [0.3, 0.4) is 0 Å². The maximum Gasteiger partial charge on any atom is 0.0979 e. The van der Waals surface area contributed by atoms with Gasteiger partial charge in [-0.2, -0.15) is 0 Å². The number of allylic oxidation sites excluding steroid dienone is 1. The molecule has 0 saturated heterocycles. The Hall–Kier alpha value is -0.570. The number of nitrogens with two attached hydrogens (primary N) is 2. The van der Waals surface area contributed by atoms with E-state index >= 15 is 0 Å². The Morgan fingerprint density at radius 3 is 2.30 bits per heavy atom. The lowest BCUT2D eigenvalue weighted by Crippen LogP contribution is -2.14. The largest absolute Gasteiger partial charge is 0.402 e. The molecule has 0 bridgehead atoms. The van der Waals surface area contributed by atoms with E-state index in [4.69, 9.17) is 11.5 Å². The van der Waals surface area contributed by atoms with E-state index in [0.717, 1.165) is 18.5 Å². The summed E-state index contributed by atoms with van der Waals surface area (Å²) >= 11 is 4.69. The average molecular weight is 156 g/mol. The van der Waals surface area contributed by atoms with E-state index in [-0.39, 0.29) is 5.41 Å². The molecular formula is C7H12N2S. The first kappa shape index (κ1) is 7.54. The van der Waals surface area contributed by atoms with Crippen molar-refractivity contribution in [1.29, 1.82) is 0 Å². The van der Waals surface area contributed by atoms with Crippen LogP contribution in [0, 0.1) is 5.41 Å². The van der Waals surface area contributed by atoms with Crippen molar-refractivity contribution in [3.63, 3.8) is 0 Å². The van der Waals surface area contributed by atoms with Crippen LogP contribution in [0.1, 0.15) is 19.8 Å². The van der Waals surface area contributed by atoms with Gasteiger partial charge in [-0.25, -0.2) is 0 Å². The zero-order chi connectivity index (χ0) is 7.78. The molecule has 2 nitrogen and oxygen atoms in total. The minimum atomic E-state index is 0.212. The molecule has 0 aliphatic heterocycles. The quantitative estimate of drug-likeness (QED) is 0.461. The summed E-state index contributed by atoms with van der Waals surface area (Å²) in [6.07, 6.45) is 4.01. The van der Waals surface area contributed by atoms with Crippen LogP contribution in [0.4, 0.5) is 0 Å². The van der Waals surface area contributed by atoms with Crippen LogP contribution in [0.15, 0.2) is 11.8 Å². The molecular weight excluding hydrogens is 144 g/mol. The van der Waals surface area contributed by atoms with E-state index in [2.05, 4.69) is 19.1 Å². The second-order valence-electron chi connectivity index (χ2n) is 3.06. The Balaban J connectivity index is 2.64. The highest BCUT2D eigenvalue weighted by Crippen LogP contribution is 2.49. The molecule has 56 valence electrons. The summed E-state index contributed by atoms with van der Waals surface area (Å²) in [5, 5.41) is 0. The molecule has 0 aromatic rings. The fourth-order valence-corrected chi connectivity index (χ4v) is 0.931. The normalized spacial score (nSPS) is 22.3. The van der Waals surface area contributed by atoms with E-state index in [1.807, 2.05) is 0 Å². The number of hydrogen-bond acceptors (Lipinski definition) is 2. The van der Waals surface area contributed by atoms with E-state index in [1.165, 1.54) is 0 Å². The van der Waals surface area contributed by atoms with Gasteiger partial charge in [0, 0.05) is 11.1 Å². The first-order chi connectivity index (χ1) is 4.54. The van der Waals surface area contributed by atoms with Crippen molar-refractivity contribution in [2.24, 2.45) is 16.9 Å². The van der Waals surface area contributed by atoms with Gasteiger partial charge in [0.15, 0.2) is 0 Å². The maximum absolute atomic E-state index is 5.71. The molecule has 0 aromatic heterocycles. The molecule has 1 fully saturated rings. The first-order valence-corrected chi connectivity index (χ1v) is 3.72. The van der Waals surface area contributed by atoms with Gasteiger partial charge in [-0.15, -0.1) is 0 Å². The van der Waals surface area contributed by atoms with Gasteiger partial charge in [-0.1, -0.05) is 19.1 Å². The molecule has 0 unspecified atom stereocenters. The Morgan fingerprint density at radius 2 is 2.00 bits per heavy atom. The standard InChI is InChI=1S/C7H12N2S/c1-7(2-3-7)5(8)4-6(9)10/h4H,2-3,8H2,1H3,(H2,9,10)/b5-4+. The highest BCUT2D eigenvalue weighted by atomic mass is 32.1. The number of thiocarbonyl (C=S) groups is 1. The minimum Gasteiger partial charge on any atom is -0.402 e. The Kier molecular flexibility index (Phi) is 1.68. The summed E-state index contributed by atoms with van der Waals surface area (Å²) < 4.78 is 0. The summed E-state index contributed by atoms with van der Waals surface area (Å²) in [7, 11) is 0.